The van der Waals surface area contributed by atoms with Gasteiger partial charge in [-0.3, -0.25) is 9.78 Å². The van der Waals surface area contributed by atoms with Crippen LogP contribution < -0.4 is 10.6 Å². The second-order valence-corrected chi connectivity index (χ2v) is 7.42. The number of benzene rings is 2. The number of anilines is 3. The van der Waals surface area contributed by atoms with E-state index in [4.69, 9.17) is 0 Å². The Kier molecular flexibility index (Phi) is 5.14. The Hall–Kier alpha value is -3.80. The molecular formula is C24H23N5O. The summed E-state index contributed by atoms with van der Waals surface area (Å²) in [4.78, 5) is 26.1. The monoisotopic (exact) mass is 397 g/mol. The summed E-state index contributed by atoms with van der Waals surface area (Å²) >= 11 is 0. The smallest absolute Gasteiger partial charge is 0.274 e. The topological polar surface area (TPSA) is 79.8 Å². The van der Waals surface area contributed by atoms with E-state index in [0.717, 1.165) is 27.7 Å². The molecule has 0 bridgehead atoms. The van der Waals surface area contributed by atoms with Crippen LogP contribution in [0.3, 0.4) is 0 Å². The van der Waals surface area contributed by atoms with Crippen molar-refractivity contribution in [3.05, 3.63) is 82.9 Å². The third kappa shape index (κ3) is 3.98. The number of aryl methyl sites for hydroxylation is 4. The molecule has 4 rings (SSSR count). The zero-order valence-electron chi connectivity index (χ0n) is 17.4. The van der Waals surface area contributed by atoms with Gasteiger partial charge in [-0.15, -0.1) is 0 Å². The van der Waals surface area contributed by atoms with Gasteiger partial charge in [-0.25, -0.2) is 9.97 Å². The van der Waals surface area contributed by atoms with Crippen molar-refractivity contribution in [2.24, 2.45) is 0 Å². The van der Waals surface area contributed by atoms with E-state index in [-0.39, 0.29) is 5.91 Å². The lowest BCUT2D eigenvalue weighted by atomic mass is 10.1. The molecule has 4 aromatic rings. The molecule has 150 valence electrons. The summed E-state index contributed by atoms with van der Waals surface area (Å²) in [5.41, 5.74) is 6.12. The van der Waals surface area contributed by atoms with Gasteiger partial charge in [-0.05, 0) is 51.0 Å². The summed E-state index contributed by atoms with van der Waals surface area (Å²) < 4.78 is 0. The highest BCUT2D eigenvalue weighted by molar-refractivity contribution is 6.07. The van der Waals surface area contributed by atoms with Crippen molar-refractivity contribution in [1.82, 2.24) is 15.0 Å². The van der Waals surface area contributed by atoms with Crippen LogP contribution in [0.4, 0.5) is 17.2 Å². The number of pyridine rings is 1. The van der Waals surface area contributed by atoms with E-state index in [1.165, 1.54) is 5.56 Å². The SMILES string of the molecule is Cc1cc(C)c(Nc2cc(C(=O)Nc3cccc4cccnc34)nc(C)n2)c(C)c1. The maximum Gasteiger partial charge on any atom is 0.274 e. The molecule has 2 aromatic carbocycles. The first-order valence-corrected chi connectivity index (χ1v) is 9.76. The third-order valence-electron chi connectivity index (χ3n) is 4.88. The Labute approximate surface area is 175 Å². The Morgan fingerprint density at radius 3 is 2.40 bits per heavy atom. The molecule has 0 saturated heterocycles. The molecule has 0 saturated carbocycles. The summed E-state index contributed by atoms with van der Waals surface area (Å²) in [6, 6.07) is 15.4. The molecule has 6 nitrogen and oxygen atoms in total. The summed E-state index contributed by atoms with van der Waals surface area (Å²) in [6.45, 7) is 7.95. The zero-order valence-corrected chi connectivity index (χ0v) is 17.4. The molecule has 0 unspecified atom stereocenters. The first-order chi connectivity index (χ1) is 14.4. The first-order valence-electron chi connectivity index (χ1n) is 9.76. The van der Waals surface area contributed by atoms with E-state index in [2.05, 4.69) is 58.5 Å². The Balaban J connectivity index is 1.64. The molecule has 0 aliphatic carbocycles. The number of carbonyl (C=O) groups is 1. The maximum atomic E-state index is 12.9. The van der Waals surface area contributed by atoms with Gasteiger partial charge in [-0.1, -0.05) is 35.9 Å². The Bertz CT molecular complexity index is 1240. The van der Waals surface area contributed by atoms with Crippen molar-refractivity contribution >= 4 is 34.0 Å². The number of amides is 1. The highest BCUT2D eigenvalue weighted by Gasteiger charge is 2.14. The summed E-state index contributed by atoms with van der Waals surface area (Å²) in [5.74, 6) is 0.793. The first kappa shape index (κ1) is 19.5. The van der Waals surface area contributed by atoms with Gasteiger partial charge in [0.05, 0.1) is 11.2 Å². The normalized spacial score (nSPS) is 10.8. The van der Waals surface area contributed by atoms with E-state index in [1.807, 2.05) is 30.3 Å². The van der Waals surface area contributed by atoms with Crippen LogP contribution in [-0.2, 0) is 0 Å². The minimum Gasteiger partial charge on any atom is -0.340 e. The predicted octanol–water partition coefficient (Wildman–Crippen LogP) is 5.25. The Morgan fingerprint density at radius 2 is 1.63 bits per heavy atom. The molecule has 2 N–H and O–H groups in total. The number of aromatic nitrogens is 3. The van der Waals surface area contributed by atoms with Gasteiger partial charge in [0.2, 0.25) is 0 Å². The zero-order chi connectivity index (χ0) is 21.3. The third-order valence-corrected chi connectivity index (χ3v) is 4.88. The largest absolute Gasteiger partial charge is 0.340 e. The average molecular weight is 397 g/mol. The second-order valence-electron chi connectivity index (χ2n) is 7.42. The van der Waals surface area contributed by atoms with Crippen molar-refractivity contribution < 1.29 is 4.79 Å². The Morgan fingerprint density at radius 1 is 0.900 bits per heavy atom. The van der Waals surface area contributed by atoms with Gasteiger partial charge in [-0.2, -0.15) is 0 Å². The van der Waals surface area contributed by atoms with Crippen LogP contribution in [-0.4, -0.2) is 20.9 Å². The molecule has 2 aromatic heterocycles. The fraction of sp³-hybridized carbons (Fsp3) is 0.167. The van der Waals surface area contributed by atoms with E-state index in [0.29, 0.717) is 23.0 Å². The van der Waals surface area contributed by atoms with E-state index in [9.17, 15) is 4.79 Å². The number of fused-ring (bicyclic) bond motifs is 1. The maximum absolute atomic E-state index is 12.9. The molecule has 6 heteroatoms. The van der Waals surface area contributed by atoms with Gasteiger partial charge >= 0.3 is 0 Å². The standard InChI is InChI=1S/C24H23N5O/c1-14-11-15(2)22(16(3)12-14)29-21-13-20(26-17(4)27-21)24(30)28-19-9-5-7-18-8-6-10-25-23(18)19/h5-13H,1-4H3,(H,28,30)(H,26,27,29). The van der Waals surface area contributed by atoms with Crippen LogP contribution in [0.15, 0.2) is 54.7 Å². The number of hydrogen-bond acceptors (Lipinski definition) is 5. The number of nitrogens with one attached hydrogen (secondary N) is 2. The fourth-order valence-electron chi connectivity index (χ4n) is 3.64. The fourth-order valence-corrected chi connectivity index (χ4v) is 3.64. The van der Waals surface area contributed by atoms with E-state index < -0.39 is 0 Å². The van der Waals surface area contributed by atoms with Crippen LogP contribution in [0.1, 0.15) is 33.0 Å². The van der Waals surface area contributed by atoms with E-state index >= 15 is 0 Å². The van der Waals surface area contributed by atoms with Gasteiger partial charge in [0.15, 0.2) is 0 Å². The minimum absolute atomic E-state index is 0.292. The van der Waals surface area contributed by atoms with Crippen LogP contribution in [0.2, 0.25) is 0 Å². The molecule has 0 aliphatic heterocycles. The van der Waals surface area contributed by atoms with E-state index in [1.54, 1.807) is 19.2 Å². The molecule has 0 atom stereocenters. The van der Waals surface area contributed by atoms with Crippen LogP contribution in [0.5, 0.6) is 0 Å². The molecule has 0 radical (unpaired) electrons. The van der Waals surface area contributed by atoms with Crippen molar-refractivity contribution in [3.8, 4) is 0 Å². The second kappa shape index (κ2) is 7.91. The quantitative estimate of drug-likeness (QED) is 0.491. The molecule has 30 heavy (non-hydrogen) atoms. The molecule has 2 heterocycles. The molecule has 1 amide bonds. The lowest BCUT2D eigenvalue weighted by molar-refractivity contribution is 0.102. The lowest BCUT2D eigenvalue weighted by Crippen LogP contribution is -2.16. The predicted molar refractivity (Wildman–Crippen MR) is 120 cm³/mol. The number of para-hydroxylation sites is 1. The molecular weight excluding hydrogens is 374 g/mol. The number of rotatable bonds is 4. The molecule has 0 fully saturated rings. The van der Waals surface area contributed by atoms with Crippen LogP contribution in [0.25, 0.3) is 10.9 Å². The highest BCUT2D eigenvalue weighted by atomic mass is 16.1. The summed E-state index contributed by atoms with van der Waals surface area (Å²) in [7, 11) is 0. The van der Waals surface area contributed by atoms with Crippen LogP contribution >= 0.6 is 0 Å². The van der Waals surface area contributed by atoms with Crippen molar-refractivity contribution in [3.63, 3.8) is 0 Å². The van der Waals surface area contributed by atoms with Crippen molar-refractivity contribution in [2.75, 3.05) is 10.6 Å². The molecule has 0 aliphatic rings. The van der Waals surface area contributed by atoms with Gasteiger partial charge in [0.1, 0.15) is 17.3 Å². The van der Waals surface area contributed by atoms with Crippen molar-refractivity contribution in [1.29, 1.82) is 0 Å². The summed E-state index contributed by atoms with van der Waals surface area (Å²) in [6.07, 6.45) is 1.71. The number of nitrogens with zero attached hydrogens (tertiary/aromatic N) is 3. The number of carbonyl (C=O) groups excluding carboxylic acids is 1. The lowest BCUT2D eigenvalue weighted by Gasteiger charge is -2.14. The number of hydrogen-bond donors (Lipinski definition) is 2. The van der Waals surface area contributed by atoms with Crippen molar-refractivity contribution in [2.45, 2.75) is 27.7 Å². The highest BCUT2D eigenvalue weighted by Crippen LogP contribution is 2.26. The van der Waals surface area contributed by atoms with Gasteiger partial charge in [0.25, 0.3) is 5.91 Å². The van der Waals surface area contributed by atoms with Gasteiger partial charge in [0, 0.05) is 23.3 Å². The van der Waals surface area contributed by atoms with Gasteiger partial charge < -0.3 is 10.6 Å². The summed E-state index contributed by atoms with van der Waals surface area (Å²) in [5, 5.41) is 7.24. The van der Waals surface area contributed by atoms with Crippen LogP contribution in [0, 0.1) is 27.7 Å². The average Bonchev–Trinajstić information content (AvgIpc) is 2.70. The molecule has 0 spiro atoms. The minimum atomic E-state index is -0.306.